The monoisotopic (exact) mass is 1310 g/mol. The van der Waals surface area contributed by atoms with E-state index in [0.29, 0.717) is 19.3 Å². The van der Waals surface area contributed by atoms with Crippen LogP contribution >= 0.6 is 0 Å². The van der Waals surface area contributed by atoms with Gasteiger partial charge < -0.3 is 65.1 Å². The standard InChI is InChI=1S/C79H143NO13/c1-3-5-7-9-11-13-15-17-19-21-23-25-27-29-31-32-33-34-35-37-38-40-42-44-46-48-50-52-54-56-58-60-62-68(83)67(66-90-78-76(89)74(87)77(70(65-82)92-78)93-79-75(88)73(86)72(85)69(64-81)91-79)80-71(84)63-61-59-57-55-53-51-49-47-45-43-41-39-36-30-28-26-24-22-20-18-16-14-12-10-8-6-4-2/h6,8,12,14,18,20,24,26,30,36,41,43,67-70,72-79,81-83,85-89H,3-5,7,9-11,13,15-17,19,21-23,25,27-29,31-35,37-40,42,44-66H2,1-2H3,(H,80,84)/b8-6-,14-12-,20-18-,26-24-,36-30-,43-41-. The van der Waals surface area contributed by atoms with Gasteiger partial charge in [0.2, 0.25) is 5.91 Å². The van der Waals surface area contributed by atoms with Crippen molar-refractivity contribution < 1.29 is 64.6 Å². The third-order valence-electron chi connectivity index (χ3n) is 18.7. The molecule has 0 spiro atoms. The van der Waals surface area contributed by atoms with Crippen LogP contribution in [-0.2, 0) is 23.7 Å². The molecule has 0 aromatic rings. The molecule has 2 heterocycles. The first-order chi connectivity index (χ1) is 45.6. The Hall–Kier alpha value is -2.57. The Kier molecular flexibility index (Phi) is 58.5. The number of allylic oxidation sites excluding steroid dienone is 12. The third kappa shape index (κ3) is 46.4. The topological polar surface area (TPSA) is 228 Å². The highest BCUT2D eigenvalue weighted by molar-refractivity contribution is 5.76. The van der Waals surface area contributed by atoms with Crippen molar-refractivity contribution in [3.8, 4) is 0 Å². The van der Waals surface area contributed by atoms with Crippen molar-refractivity contribution in [1.29, 1.82) is 0 Å². The smallest absolute Gasteiger partial charge is 0.220 e. The van der Waals surface area contributed by atoms with Crippen molar-refractivity contribution in [1.82, 2.24) is 5.32 Å². The van der Waals surface area contributed by atoms with Crippen molar-refractivity contribution in [3.05, 3.63) is 72.9 Å². The minimum absolute atomic E-state index is 0.213. The molecule has 14 heteroatoms. The van der Waals surface area contributed by atoms with Crippen molar-refractivity contribution in [3.63, 3.8) is 0 Å². The first kappa shape index (κ1) is 86.5. The van der Waals surface area contributed by atoms with Crippen LogP contribution in [0.4, 0.5) is 0 Å². The fourth-order valence-corrected chi connectivity index (χ4v) is 12.6. The van der Waals surface area contributed by atoms with E-state index in [0.717, 1.165) is 89.9 Å². The Bertz CT molecular complexity index is 1840. The molecular formula is C79H143NO13. The minimum Gasteiger partial charge on any atom is -0.394 e. The summed E-state index contributed by atoms with van der Waals surface area (Å²) >= 11 is 0. The van der Waals surface area contributed by atoms with Gasteiger partial charge in [0.15, 0.2) is 12.6 Å². The highest BCUT2D eigenvalue weighted by Crippen LogP contribution is 2.30. The molecule has 0 bridgehead atoms. The third-order valence-corrected chi connectivity index (χ3v) is 18.7. The summed E-state index contributed by atoms with van der Waals surface area (Å²) in [6.07, 6.45) is 69.3. The van der Waals surface area contributed by atoms with Gasteiger partial charge in [0, 0.05) is 6.42 Å². The van der Waals surface area contributed by atoms with Gasteiger partial charge in [-0.05, 0) is 64.2 Å². The maximum atomic E-state index is 13.4. The molecule has 14 nitrogen and oxygen atoms in total. The van der Waals surface area contributed by atoms with Crippen molar-refractivity contribution in [2.75, 3.05) is 19.8 Å². The highest BCUT2D eigenvalue weighted by atomic mass is 16.7. The fourth-order valence-electron chi connectivity index (χ4n) is 12.6. The Morgan fingerprint density at radius 3 is 1.14 bits per heavy atom. The van der Waals surface area contributed by atoms with E-state index in [1.165, 1.54) is 205 Å². The summed E-state index contributed by atoms with van der Waals surface area (Å²) in [6, 6.07) is -0.840. The number of unbranched alkanes of at least 4 members (excludes halogenated alkanes) is 39. The van der Waals surface area contributed by atoms with E-state index in [2.05, 4.69) is 92.1 Å². The number of hydrogen-bond donors (Lipinski definition) is 9. The highest BCUT2D eigenvalue weighted by Gasteiger charge is 2.51. The maximum absolute atomic E-state index is 13.4. The molecule has 0 saturated carbocycles. The summed E-state index contributed by atoms with van der Waals surface area (Å²) in [7, 11) is 0. The zero-order chi connectivity index (χ0) is 67.3. The van der Waals surface area contributed by atoms with Crippen molar-refractivity contribution >= 4 is 5.91 Å². The lowest BCUT2D eigenvalue weighted by Crippen LogP contribution is -2.65. The fraction of sp³-hybridized carbons (Fsp3) is 0.835. The number of aliphatic hydroxyl groups excluding tert-OH is 8. The second-order valence-electron chi connectivity index (χ2n) is 27.1. The van der Waals surface area contributed by atoms with Crippen LogP contribution in [-0.4, -0.2) is 140 Å². The Labute approximate surface area is 568 Å². The van der Waals surface area contributed by atoms with Crippen molar-refractivity contribution in [2.24, 2.45) is 0 Å². The molecule has 2 rings (SSSR count). The molecule has 12 unspecified atom stereocenters. The van der Waals surface area contributed by atoms with Gasteiger partial charge >= 0.3 is 0 Å². The van der Waals surface area contributed by atoms with E-state index in [-0.39, 0.29) is 12.5 Å². The second kappa shape index (κ2) is 62.9. The van der Waals surface area contributed by atoms with E-state index >= 15 is 0 Å². The summed E-state index contributed by atoms with van der Waals surface area (Å²) in [5, 5.41) is 87.8. The van der Waals surface area contributed by atoms with Gasteiger partial charge in [-0.25, -0.2) is 0 Å². The van der Waals surface area contributed by atoms with Crippen LogP contribution in [0.25, 0.3) is 0 Å². The summed E-state index contributed by atoms with van der Waals surface area (Å²) in [6.45, 7) is 2.78. The van der Waals surface area contributed by atoms with Crippen LogP contribution in [0.5, 0.6) is 0 Å². The second-order valence-corrected chi connectivity index (χ2v) is 27.1. The predicted octanol–water partition coefficient (Wildman–Crippen LogP) is 17.0. The van der Waals surface area contributed by atoms with Crippen LogP contribution < -0.4 is 5.32 Å². The molecule has 9 N–H and O–H groups in total. The minimum atomic E-state index is -1.79. The molecule has 93 heavy (non-hydrogen) atoms. The average molecular weight is 1320 g/mol. The largest absolute Gasteiger partial charge is 0.394 e. The number of hydrogen-bond acceptors (Lipinski definition) is 13. The quantitative estimate of drug-likeness (QED) is 0.0204. The zero-order valence-electron chi connectivity index (χ0n) is 59.2. The number of carbonyl (C=O) groups excluding carboxylic acids is 1. The van der Waals surface area contributed by atoms with Gasteiger partial charge in [-0.15, -0.1) is 0 Å². The Morgan fingerprint density at radius 1 is 0.398 bits per heavy atom. The number of amides is 1. The molecule has 12 atom stereocenters. The van der Waals surface area contributed by atoms with Crippen LogP contribution in [0, 0.1) is 0 Å². The number of rotatable bonds is 64. The maximum Gasteiger partial charge on any atom is 0.220 e. The van der Waals surface area contributed by atoms with E-state index < -0.39 is 86.8 Å². The molecule has 0 aliphatic carbocycles. The van der Waals surface area contributed by atoms with Crippen LogP contribution in [0.15, 0.2) is 72.9 Å². The Morgan fingerprint density at radius 2 is 0.742 bits per heavy atom. The van der Waals surface area contributed by atoms with Gasteiger partial charge in [0.25, 0.3) is 0 Å². The molecule has 1 amide bonds. The van der Waals surface area contributed by atoms with E-state index in [1.54, 1.807) is 0 Å². The molecular weight excluding hydrogens is 1170 g/mol. The molecule has 0 aromatic heterocycles. The SMILES string of the molecule is CC/C=C\C/C=C\C/C=C\C/C=C\C/C=C\C/C=C\CCCCCCCCCCC(=O)NC(COC1OC(CO)C(OC2OC(CO)C(O)C(O)C2O)C(O)C1O)C(O)CCCCCCCCCCCCCCCCCCCCCCCCCCCCCCCCCC. The van der Waals surface area contributed by atoms with E-state index in [4.69, 9.17) is 18.9 Å². The molecule has 2 aliphatic rings. The first-order valence-corrected chi connectivity index (χ1v) is 38.7. The first-order valence-electron chi connectivity index (χ1n) is 38.7. The molecule has 2 saturated heterocycles. The Balaban J connectivity index is 1.63. The normalized spacial score (nSPS) is 22.9. The van der Waals surface area contributed by atoms with Gasteiger partial charge in [0.1, 0.15) is 48.8 Å². The summed E-state index contributed by atoms with van der Waals surface area (Å²) in [4.78, 5) is 13.4. The van der Waals surface area contributed by atoms with Gasteiger partial charge in [-0.3, -0.25) is 4.79 Å². The number of carbonyl (C=O) groups is 1. The molecule has 542 valence electrons. The van der Waals surface area contributed by atoms with Crippen LogP contribution in [0.2, 0.25) is 0 Å². The van der Waals surface area contributed by atoms with Crippen LogP contribution in [0.1, 0.15) is 328 Å². The number of aliphatic hydroxyl groups is 8. The van der Waals surface area contributed by atoms with E-state index in [1.807, 2.05) is 0 Å². The number of nitrogens with one attached hydrogen (secondary N) is 1. The summed E-state index contributed by atoms with van der Waals surface area (Å²) < 4.78 is 23.0. The van der Waals surface area contributed by atoms with Crippen molar-refractivity contribution in [2.45, 2.75) is 402 Å². The predicted molar refractivity (Wildman–Crippen MR) is 383 cm³/mol. The van der Waals surface area contributed by atoms with Gasteiger partial charge in [0.05, 0.1) is 32.0 Å². The summed E-state index contributed by atoms with van der Waals surface area (Å²) in [5.74, 6) is -0.213. The summed E-state index contributed by atoms with van der Waals surface area (Å²) in [5.41, 5.74) is 0. The molecule has 2 aliphatic heterocycles. The van der Waals surface area contributed by atoms with Crippen LogP contribution in [0.3, 0.4) is 0 Å². The zero-order valence-corrected chi connectivity index (χ0v) is 59.2. The molecule has 0 radical (unpaired) electrons. The van der Waals surface area contributed by atoms with Gasteiger partial charge in [-0.1, -0.05) is 331 Å². The molecule has 0 aromatic carbocycles. The lowest BCUT2D eigenvalue weighted by molar-refractivity contribution is -0.359. The van der Waals surface area contributed by atoms with Gasteiger partial charge in [-0.2, -0.15) is 0 Å². The van der Waals surface area contributed by atoms with E-state index in [9.17, 15) is 45.6 Å². The number of ether oxygens (including phenoxy) is 4. The lowest BCUT2D eigenvalue weighted by atomic mass is 9.97. The molecule has 2 fully saturated rings. The lowest BCUT2D eigenvalue weighted by Gasteiger charge is -2.46. The average Bonchev–Trinajstić information content (AvgIpc) is 0.854.